The number of anilines is 1. The number of carbonyl (C=O) groups excluding carboxylic acids is 2. The summed E-state index contributed by atoms with van der Waals surface area (Å²) < 4.78 is 5.15. The van der Waals surface area contributed by atoms with E-state index in [9.17, 15) is 14.4 Å². The fourth-order valence-corrected chi connectivity index (χ4v) is 2.77. The summed E-state index contributed by atoms with van der Waals surface area (Å²) in [5, 5.41) is 13.8. The molecule has 0 spiro atoms. The number of nitrogens with one attached hydrogen (secondary N) is 2. The van der Waals surface area contributed by atoms with Crippen LogP contribution in [0.5, 0.6) is 5.75 Å². The summed E-state index contributed by atoms with van der Waals surface area (Å²) >= 11 is 0. The summed E-state index contributed by atoms with van der Waals surface area (Å²) in [6.07, 6.45) is 0.727. The van der Waals surface area contributed by atoms with Crippen molar-refractivity contribution in [3.63, 3.8) is 0 Å². The van der Waals surface area contributed by atoms with Gasteiger partial charge < -0.3 is 20.5 Å². The maximum Gasteiger partial charge on any atom is 0.322 e. The minimum atomic E-state index is -1.09. The van der Waals surface area contributed by atoms with Crippen molar-refractivity contribution in [1.82, 2.24) is 5.32 Å². The summed E-state index contributed by atoms with van der Waals surface area (Å²) in [4.78, 5) is 34.8. The third-order valence-corrected chi connectivity index (χ3v) is 4.27. The molecule has 2 rings (SSSR count). The smallest absolute Gasteiger partial charge is 0.322 e. The van der Waals surface area contributed by atoms with Gasteiger partial charge in [-0.3, -0.25) is 14.4 Å². The minimum absolute atomic E-state index is 0.0743. The minimum Gasteiger partial charge on any atom is -0.497 e. The van der Waals surface area contributed by atoms with Gasteiger partial charge in [-0.05, 0) is 41.8 Å². The van der Waals surface area contributed by atoms with Gasteiger partial charge in [-0.1, -0.05) is 31.2 Å². The molecule has 7 heteroatoms. The Morgan fingerprint density at radius 1 is 1.04 bits per heavy atom. The number of amides is 2. The molecular weight excluding hydrogens is 360 g/mol. The van der Waals surface area contributed by atoms with E-state index in [0.717, 1.165) is 16.9 Å². The van der Waals surface area contributed by atoms with E-state index >= 15 is 0 Å². The van der Waals surface area contributed by atoms with Crippen molar-refractivity contribution in [2.45, 2.75) is 25.7 Å². The molecule has 2 amide bonds. The van der Waals surface area contributed by atoms with Crippen LogP contribution in [0.15, 0.2) is 48.5 Å². The molecule has 2 aromatic rings. The van der Waals surface area contributed by atoms with Gasteiger partial charge in [0.15, 0.2) is 0 Å². The zero-order valence-corrected chi connectivity index (χ0v) is 15.9. The van der Waals surface area contributed by atoms with Gasteiger partial charge >= 0.3 is 5.97 Å². The van der Waals surface area contributed by atoms with Crippen molar-refractivity contribution < 1.29 is 24.2 Å². The van der Waals surface area contributed by atoms with Crippen molar-refractivity contribution in [2.24, 2.45) is 0 Å². The van der Waals surface area contributed by atoms with E-state index < -0.39 is 12.5 Å². The highest BCUT2D eigenvalue weighted by Crippen LogP contribution is 2.24. The second-order valence-corrected chi connectivity index (χ2v) is 6.27. The zero-order chi connectivity index (χ0) is 20.5. The number of hydrogen-bond acceptors (Lipinski definition) is 4. The quantitative estimate of drug-likeness (QED) is 0.616. The number of rotatable bonds is 9. The summed E-state index contributed by atoms with van der Waals surface area (Å²) in [6.45, 7) is 1.55. The Bertz CT molecular complexity index is 816. The van der Waals surface area contributed by atoms with Crippen molar-refractivity contribution in [2.75, 3.05) is 19.0 Å². The molecule has 0 saturated carbocycles. The second kappa shape index (κ2) is 10.1. The predicted molar refractivity (Wildman–Crippen MR) is 105 cm³/mol. The summed E-state index contributed by atoms with van der Waals surface area (Å²) in [5.41, 5.74) is 2.27. The topological polar surface area (TPSA) is 105 Å². The predicted octanol–water partition coefficient (Wildman–Crippen LogP) is 2.57. The Kier molecular flexibility index (Phi) is 7.56. The molecule has 0 bridgehead atoms. The van der Waals surface area contributed by atoms with Gasteiger partial charge in [-0.15, -0.1) is 0 Å². The van der Waals surface area contributed by atoms with Crippen LogP contribution in [-0.4, -0.2) is 36.5 Å². The van der Waals surface area contributed by atoms with Crippen molar-refractivity contribution in [1.29, 1.82) is 0 Å². The van der Waals surface area contributed by atoms with E-state index in [-0.39, 0.29) is 24.2 Å². The van der Waals surface area contributed by atoms with Gasteiger partial charge in [-0.25, -0.2) is 0 Å². The third-order valence-electron chi connectivity index (χ3n) is 4.27. The second-order valence-electron chi connectivity index (χ2n) is 6.27. The largest absolute Gasteiger partial charge is 0.497 e. The number of carbonyl (C=O) groups is 3. The van der Waals surface area contributed by atoms with Crippen LogP contribution in [-0.2, 0) is 20.8 Å². The van der Waals surface area contributed by atoms with Crippen LogP contribution in [0.2, 0.25) is 0 Å². The lowest BCUT2D eigenvalue weighted by Gasteiger charge is -2.16. The SMILES string of the molecule is CCC(C(=O)Nc1ccc(CC(=O)NCC(=O)O)cc1)c1ccc(OC)cc1. The average Bonchev–Trinajstić information content (AvgIpc) is 2.69. The first-order chi connectivity index (χ1) is 13.4. The van der Waals surface area contributed by atoms with Gasteiger partial charge in [0.1, 0.15) is 12.3 Å². The Balaban J connectivity index is 1.96. The van der Waals surface area contributed by atoms with Gasteiger partial charge in [-0.2, -0.15) is 0 Å². The molecule has 0 aliphatic heterocycles. The monoisotopic (exact) mass is 384 g/mol. The lowest BCUT2D eigenvalue weighted by atomic mass is 9.95. The highest BCUT2D eigenvalue weighted by atomic mass is 16.5. The molecule has 1 atom stereocenters. The fraction of sp³-hybridized carbons (Fsp3) is 0.286. The molecule has 7 nitrogen and oxygen atoms in total. The van der Waals surface area contributed by atoms with E-state index in [4.69, 9.17) is 9.84 Å². The van der Waals surface area contributed by atoms with Crippen molar-refractivity contribution >= 4 is 23.5 Å². The van der Waals surface area contributed by atoms with E-state index in [1.54, 1.807) is 31.4 Å². The molecule has 148 valence electrons. The lowest BCUT2D eigenvalue weighted by Crippen LogP contribution is -2.30. The Morgan fingerprint density at radius 3 is 2.21 bits per heavy atom. The normalized spacial score (nSPS) is 11.4. The molecule has 0 aliphatic carbocycles. The maximum absolute atomic E-state index is 12.6. The van der Waals surface area contributed by atoms with Gasteiger partial charge in [0.25, 0.3) is 0 Å². The summed E-state index contributed by atoms with van der Waals surface area (Å²) in [7, 11) is 1.60. The molecule has 0 fully saturated rings. The molecule has 1 unspecified atom stereocenters. The van der Waals surface area contributed by atoms with E-state index in [0.29, 0.717) is 12.1 Å². The van der Waals surface area contributed by atoms with E-state index in [1.165, 1.54) is 0 Å². The first kappa shape index (κ1) is 21.0. The van der Waals surface area contributed by atoms with Gasteiger partial charge in [0, 0.05) is 5.69 Å². The van der Waals surface area contributed by atoms with Crippen LogP contribution in [0, 0.1) is 0 Å². The molecule has 2 aromatic carbocycles. The van der Waals surface area contributed by atoms with Gasteiger partial charge in [0.2, 0.25) is 11.8 Å². The highest BCUT2D eigenvalue weighted by molar-refractivity contribution is 5.95. The number of hydrogen-bond donors (Lipinski definition) is 3. The van der Waals surface area contributed by atoms with Crippen LogP contribution >= 0.6 is 0 Å². The molecule has 0 radical (unpaired) electrons. The molecular formula is C21H24N2O5. The van der Waals surface area contributed by atoms with Gasteiger partial charge in [0.05, 0.1) is 19.4 Å². The summed E-state index contributed by atoms with van der Waals surface area (Å²) in [6, 6.07) is 14.3. The molecule has 0 aliphatic rings. The first-order valence-electron chi connectivity index (χ1n) is 8.95. The number of benzene rings is 2. The number of ether oxygens (including phenoxy) is 1. The number of methoxy groups -OCH3 is 1. The number of carboxylic acid groups (broad SMARTS) is 1. The standard InChI is InChI=1S/C21H24N2O5/c1-3-18(15-6-10-17(28-2)11-7-15)21(27)23-16-8-4-14(5-9-16)12-19(24)22-13-20(25)26/h4-11,18H,3,12-13H2,1-2H3,(H,22,24)(H,23,27)(H,25,26). The van der Waals surface area contributed by atoms with Crippen LogP contribution in [0.1, 0.15) is 30.4 Å². The van der Waals surface area contributed by atoms with Crippen LogP contribution in [0.25, 0.3) is 0 Å². The molecule has 3 N–H and O–H groups in total. The molecule has 0 aromatic heterocycles. The van der Waals surface area contributed by atoms with E-state index in [2.05, 4.69) is 10.6 Å². The van der Waals surface area contributed by atoms with Crippen LogP contribution in [0.3, 0.4) is 0 Å². The van der Waals surface area contributed by atoms with Crippen molar-refractivity contribution in [3.05, 3.63) is 59.7 Å². The van der Waals surface area contributed by atoms with E-state index in [1.807, 2.05) is 31.2 Å². The van der Waals surface area contributed by atoms with Crippen molar-refractivity contribution in [3.8, 4) is 5.75 Å². The number of aliphatic carboxylic acids is 1. The Labute approximate surface area is 163 Å². The highest BCUT2D eigenvalue weighted by Gasteiger charge is 2.19. The van der Waals surface area contributed by atoms with Crippen LogP contribution in [0.4, 0.5) is 5.69 Å². The third kappa shape index (κ3) is 6.12. The van der Waals surface area contributed by atoms with Crippen LogP contribution < -0.4 is 15.4 Å². The lowest BCUT2D eigenvalue weighted by molar-refractivity contribution is -0.137. The molecule has 28 heavy (non-hydrogen) atoms. The molecule has 0 heterocycles. The Morgan fingerprint density at radius 2 is 1.68 bits per heavy atom. The maximum atomic E-state index is 12.6. The Hall–Kier alpha value is -3.35. The first-order valence-corrected chi connectivity index (χ1v) is 8.95. The average molecular weight is 384 g/mol. The summed E-state index contributed by atoms with van der Waals surface area (Å²) in [5.74, 6) is -1.12. The zero-order valence-electron chi connectivity index (χ0n) is 15.9. The number of carboxylic acids is 1. The fourth-order valence-electron chi connectivity index (χ4n) is 2.77. The molecule has 0 saturated heterocycles.